The Morgan fingerprint density at radius 3 is 2.78 bits per heavy atom. The van der Waals surface area contributed by atoms with E-state index in [1.807, 2.05) is 0 Å². The van der Waals surface area contributed by atoms with E-state index in [0.717, 1.165) is 11.4 Å². The quantitative estimate of drug-likeness (QED) is 0.554. The molecule has 0 bridgehead atoms. The summed E-state index contributed by atoms with van der Waals surface area (Å²) in [6.07, 6.45) is 2.46. The van der Waals surface area contributed by atoms with E-state index in [2.05, 4.69) is 13.8 Å². The maximum atomic E-state index is 9.88. The third kappa shape index (κ3) is 5.90. The minimum atomic E-state index is 0.699. The molecule has 0 aromatic rings. The van der Waals surface area contributed by atoms with Gasteiger partial charge in [-0.15, -0.1) is 0 Å². The van der Waals surface area contributed by atoms with Crippen LogP contribution in [-0.2, 0) is 4.79 Å². The molecule has 0 aromatic carbocycles. The minimum Gasteiger partial charge on any atom is -0.291 e. The van der Waals surface area contributed by atoms with Crippen molar-refractivity contribution in [1.82, 2.24) is 0 Å². The van der Waals surface area contributed by atoms with E-state index in [4.69, 9.17) is 0 Å². The molecule has 0 heterocycles. The summed E-state index contributed by atoms with van der Waals surface area (Å²) in [6.45, 7) is 4.35. The molecule has 9 heavy (non-hydrogen) atoms. The Balaban J connectivity index is 3.04. The van der Waals surface area contributed by atoms with Gasteiger partial charge in [0.15, 0.2) is 5.62 Å². The molecule has 54 valence electrons. The molecule has 0 amide bonds. The highest BCUT2D eigenvalue weighted by Crippen LogP contribution is 2.10. The van der Waals surface area contributed by atoms with Crippen LogP contribution >= 0.6 is 11.8 Å². The van der Waals surface area contributed by atoms with Crippen molar-refractivity contribution in [3.63, 3.8) is 0 Å². The predicted molar refractivity (Wildman–Crippen MR) is 43.3 cm³/mol. The number of carbonyl (C=O) groups excluding carboxylic acids is 1. The number of thioether (sulfide) groups is 1. The third-order valence-corrected chi connectivity index (χ3v) is 2.13. The van der Waals surface area contributed by atoms with Crippen LogP contribution in [0.15, 0.2) is 0 Å². The summed E-state index contributed by atoms with van der Waals surface area (Å²) in [6, 6.07) is 0. The van der Waals surface area contributed by atoms with Gasteiger partial charge in [-0.1, -0.05) is 38.5 Å². The first-order valence-corrected chi connectivity index (χ1v) is 4.41. The molecule has 0 aliphatic rings. The van der Waals surface area contributed by atoms with E-state index in [1.54, 1.807) is 0 Å². The van der Waals surface area contributed by atoms with Gasteiger partial charge in [0.1, 0.15) is 0 Å². The third-order valence-electron chi connectivity index (χ3n) is 1.23. The van der Waals surface area contributed by atoms with Crippen LogP contribution in [0, 0.1) is 5.92 Å². The molecule has 0 aromatic heterocycles. The fourth-order valence-corrected chi connectivity index (χ4v) is 1.35. The van der Waals surface area contributed by atoms with Crippen LogP contribution in [0.3, 0.4) is 0 Å². The first-order valence-electron chi connectivity index (χ1n) is 3.36. The van der Waals surface area contributed by atoms with Crippen LogP contribution < -0.4 is 0 Å². The van der Waals surface area contributed by atoms with Gasteiger partial charge in [-0.3, -0.25) is 4.79 Å². The molecule has 1 nitrogen and oxygen atoms in total. The second-order valence-electron chi connectivity index (χ2n) is 2.32. The van der Waals surface area contributed by atoms with Crippen LogP contribution in [-0.4, -0.2) is 11.4 Å². The smallest absolute Gasteiger partial charge is 0.176 e. The van der Waals surface area contributed by atoms with E-state index in [-0.39, 0.29) is 0 Å². The van der Waals surface area contributed by atoms with E-state index >= 15 is 0 Å². The lowest BCUT2D eigenvalue weighted by atomic mass is 10.1. The van der Waals surface area contributed by atoms with Gasteiger partial charge in [-0.2, -0.15) is 0 Å². The lowest BCUT2D eigenvalue weighted by molar-refractivity contribution is 0.567. The zero-order valence-electron chi connectivity index (χ0n) is 6.09. The van der Waals surface area contributed by atoms with Gasteiger partial charge in [0.2, 0.25) is 0 Å². The van der Waals surface area contributed by atoms with Crippen molar-refractivity contribution < 1.29 is 4.79 Å². The zero-order chi connectivity index (χ0) is 7.11. The van der Waals surface area contributed by atoms with Gasteiger partial charge in [0, 0.05) is 5.75 Å². The van der Waals surface area contributed by atoms with Crippen molar-refractivity contribution in [2.75, 3.05) is 5.75 Å². The fraction of sp³-hybridized carbons (Fsp3) is 0.857. The van der Waals surface area contributed by atoms with Crippen LogP contribution in [0.1, 0.15) is 26.7 Å². The SMILES string of the molecule is CCCC(C)CSC=O. The van der Waals surface area contributed by atoms with Crippen molar-refractivity contribution in [1.29, 1.82) is 0 Å². The Hall–Kier alpha value is 0.0200. The number of hydrogen-bond donors (Lipinski definition) is 0. The Kier molecular flexibility index (Phi) is 6.16. The van der Waals surface area contributed by atoms with Crippen molar-refractivity contribution in [2.24, 2.45) is 5.92 Å². The fourth-order valence-electron chi connectivity index (χ4n) is 0.780. The van der Waals surface area contributed by atoms with Gasteiger partial charge in [0.25, 0.3) is 0 Å². The van der Waals surface area contributed by atoms with Crippen molar-refractivity contribution >= 4 is 17.4 Å². The average Bonchev–Trinajstić information content (AvgIpc) is 1.85. The molecule has 0 saturated heterocycles. The predicted octanol–water partition coefficient (Wildman–Crippen LogP) is 2.35. The van der Waals surface area contributed by atoms with E-state index < -0.39 is 0 Å². The molecule has 0 aliphatic heterocycles. The summed E-state index contributed by atoms with van der Waals surface area (Å²) in [4.78, 5) is 9.88. The van der Waals surface area contributed by atoms with E-state index in [9.17, 15) is 4.79 Å². The van der Waals surface area contributed by atoms with Crippen LogP contribution in [0.5, 0.6) is 0 Å². The van der Waals surface area contributed by atoms with Crippen LogP contribution in [0.2, 0.25) is 0 Å². The lowest BCUT2D eigenvalue weighted by Gasteiger charge is -2.04. The van der Waals surface area contributed by atoms with E-state index in [0.29, 0.717) is 5.92 Å². The maximum absolute atomic E-state index is 9.88. The van der Waals surface area contributed by atoms with Crippen molar-refractivity contribution in [2.45, 2.75) is 26.7 Å². The Labute approximate surface area is 61.2 Å². The van der Waals surface area contributed by atoms with Crippen LogP contribution in [0.25, 0.3) is 0 Å². The Morgan fingerprint density at radius 2 is 2.33 bits per heavy atom. The van der Waals surface area contributed by atoms with Gasteiger partial charge in [-0.05, 0) is 5.92 Å². The monoisotopic (exact) mass is 146 g/mol. The second-order valence-corrected chi connectivity index (χ2v) is 3.18. The summed E-state index contributed by atoms with van der Waals surface area (Å²) < 4.78 is 0. The number of hydrogen-bond acceptors (Lipinski definition) is 2. The highest BCUT2D eigenvalue weighted by molar-refractivity contribution is 8.11. The summed E-state index contributed by atoms with van der Waals surface area (Å²) >= 11 is 1.38. The van der Waals surface area contributed by atoms with Gasteiger partial charge < -0.3 is 0 Å². The summed E-state index contributed by atoms with van der Waals surface area (Å²) in [7, 11) is 0. The number of carbonyl (C=O) groups is 1. The number of rotatable bonds is 5. The van der Waals surface area contributed by atoms with Crippen LogP contribution in [0.4, 0.5) is 0 Å². The molecular weight excluding hydrogens is 132 g/mol. The molecule has 0 radical (unpaired) electrons. The maximum Gasteiger partial charge on any atom is 0.176 e. The van der Waals surface area contributed by atoms with Gasteiger partial charge in [-0.25, -0.2) is 0 Å². The highest BCUT2D eigenvalue weighted by Gasteiger charge is 1.98. The standard InChI is InChI=1S/C7H14OS/c1-3-4-7(2)5-9-6-8/h6-7H,3-5H2,1-2H3. The normalized spacial score (nSPS) is 13.1. The summed E-state index contributed by atoms with van der Waals surface area (Å²) in [5, 5.41) is 0. The first kappa shape index (κ1) is 9.02. The summed E-state index contributed by atoms with van der Waals surface area (Å²) in [5.74, 6) is 1.68. The second kappa shape index (κ2) is 6.14. The molecule has 0 fully saturated rings. The largest absolute Gasteiger partial charge is 0.291 e. The van der Waals surface area contributed by atoms with E-state index in [1.165, 1.54) is 24.6 Å². The van der Waals surface area contributed by atoms with Crippen molar-refractivity contribution in [3.05, 3.63) is 0 Å². The highest BCUT2D eigenvalue weighted by atomic mass is 32.2. The molecule has 0 rings (SSSR count). The molecular formula is C7H14OS. The average molecular weight is 146 g/mol. The molecule has 0 N–H and O–H groups in total. The Bertz CT molecular complexity index is 73.3. The summed E-state index contributed by atoms with van der Waals surface area (Å²) in [5.41, 5.74) is 0.923. The topological polar surface area (TPSA) is 17.1 Å². The Morgan fingerprint density at radius 1 is 1.67 bits per heavy atom. The molecule has 0 saturated carbocycles. The van der Waals surface area contributed by atoms with Crippen molar-refractivity contribution in [3.8, 4) is 0 Å². The minimum absolute atomic E-state index is 0.699. The molecule has 1 atom stereocenters. The van der Waals surface area contributed by atoms with Gasteiger partial charge in [0.05, 0.1) is 0 Å². The molecule has 0 spiro atoms. The first-order chi connectivity index (χ1) is 4.31. The van der Waals surface area contributed by atoms with Gasteiger partial charge >= 0.3 is 0 Å². The molecule has 0 aliphatic carbocycles. The zero-order valence-corrected chi connectivity index (χ0v) is 6.91. The molecule has 1 unspecified atom stereocenters. The molecule has 2 heteroatoms. The lowest BCUT2D eigenvalue weighted by Crippen LogP contribution is -1.96.